The highest BCUT2D eigenvalue weighted by Gasteiger charge is 2.37. The highest BCUT2D eigenvalue weighted by atomic mass is 32.2. The number of nitrogens with two attached hydrogens (primary N) is 1. The molecule has 2 amide bonds. The summed E-state index contributed by atoms with van der Waals surface area (Å²) in [5.74, 6) is -0.596. The number of amides is 2. The Balaban J connectivity index is 0.000000336. The second kappa shape index (κ2) is 21.9. The molecule has 3 aromatic carbocycles. The third-order valence-corrected chi connectivity index (χ3v) is 13.6. The van der Waals surface area contributed by atoms with E-state index in [1.807, 2.05) is 39.2 Å². The SMILES string of the molecule is C.C.CN(C)[C@@H](Cc1cc2cnn(S(=O)(=O)c3ccccc3)c2cn1)CN1C(=O)c2ccccc2C1=O.CN(C)[C@H](CN)Cc1cc2cnn(S(=O)(=O)c3ccccc3)c2cn1.S.S. The van der Waals surface area contributed by atoms with Gasteiger partial charge in [0.05, 0.1) is 45.7 Å². The molecule has 64 heavy (non-hydrogen) atoms. The number of hydrogen-bond acceptors (Lipinski definition) is 13. The first-order valence-corrected chi connectivity index (χ1v) is 21.8. The van der Waals surface area contributed by atoms with E-state index in [9.17, 15) is 26.4 Å². The number of nitrogens with zero attached hydrogens (tertiary/aromatic N) is 9. The molecule has 0 saturated heterocycles. The first-order chi connectivity index (χ1) is 28.7. The number of imide groups is 1. The molecule has 0 spiro atoms. The Morgan fingerprint density at radius 1 is 0.578 bits per heavy atom. The van der Waals surface area contributed by atoms with Crippen molar-refractivity contribution in [3.8, 4) is 0 Å². The van der Waals surface area contributed by atoms with Gasteiger partial charge in [-0.1, -0.05) is 63.4 Å². The van der Waals surface area contributed by atoms with Crippen LogP contribution >= 0.6 is 27.0 Å². The maximum atomic E-state index is 13.0. The molecule has 1 aliphatic rings. The minimum absolute atomic E-state index is 0. The predicted molar refractivity (Wildman–Crippen MR) is 261 cm³/mol. The molecule has 2 N–H and O–H groups in total. The van der Waals surface area contributed by atoms with Gasteiger partial charge in [-0.05, 0) is 76.7 Å². The Labute approximate surface area is 389 Å². The fourth-order valence-corrected chi connectivity index (χ4v) is 9.44. The number of rotatable bonds is 13. The van der Waals surface area contributed by atoms with Gasteiger partial charge in [0.15, 0.2) is 0 Å². The van der Waals surface area contributed by atoms with Gasteiger partial charge in [-0.3, -0.25) is 24.5 Å². The van der Waals surface area contributed by atoms with Crippen LogP contribution in [0.4, 0.5) is 0 Å². The molecular formula is C44H56N10O6S4. The Kier molecular flexibility index (Phi) is 18.1. The van der Waals surface area contributed by atoms with Crippen LogP contribution in [0.15, 0.2) is 132 Å². The lowest BCUT2D eigenvalue weighted by atomic mass is 10.1. The minimum Gasteiger partial charge on any atom is -0.329 e. The van der Waals surface area contributed by atoms with Crippen LogP contribution < -0.4 is 5.73 Å². The van der Waals surface area contributed by atoms with Crippen LogP contribution in [0.2, 0.25) is 0 Å². The zero-order valence-corrected chi connectivity index (χ0v) is 38.0. The van der Waals surface area contributed by atoms with Crippen molar-refractivity contribution in [2.24, 2.45) is 5.73 Å². The Morgan fingerprint density at radius 3 is 1.33 bits per heavy atom. The third kappa shape index (κ3) is 10.7. The standard InChI is InChI=1S/C25H23N5O4S.C17H21N5O2S.2CH4.2H2S/c1-28(2)19(16-29-24(31)21-10-6-7-11-22(21)25(29)32)13-18-12-17-14-27-30(23(17)15-26-18)35(33,34)20-8-4-3-5-9-20;1-21(2)15(10-18)9-14-8-13-11-20-22(17(13)12-19-14)25(23,24)16-6-4-3-5-7-16;;;;/h3-12,14-15,19H,13,16H2,1-2H3;3-8,11-12,15H,9-10,18H2,1-2H3;2*1H4;2*1H2/t19-;15-;;;;/m00..../s1. The molecule has 16 nitrogen and oxygen atoms in total. The normalized spacial score (nSPS) is 13.3. The molecule has 0 aliphatic carbocycles. The maximum absolute atomic E-state index is 13.0. The van der Waals surface area contributed by atoms with Gasteiger partial charge >= 0.3 is 0 Å². The molecule has 2 atom stereocenters. The fourth-order valence-electron chi connectivity index (χ4n) is 6.88. The summed E-state index contributed by atoms with van der Waals surface area (Å²) < 4.78 is 53.5. The quantitative estimate of drug-likeness (QED) is 0.151. The third-order valence-electron chi connectivity index (χ3n) is 10.4. The van der Waals surface area contributed by atoms with Gasteiger partial charge in [0.2, 0.25) is 0 Å². The second-order valence-corrected chi connectivity index (χ2v) is 18.3. The number of benzene rings is 3. The van der Waals surface area contributed by atoms with Crippen LogP contribution in [0.3, 0.4) is 0 Å². The number of likely N-dealkylation sites (N-methyl/N-ethyl adjacent to an activating group) is 2. The number of fused-ring (bicyclic) bond motifs is 3. The van der Waals surface area contributed by atoms with Crippen molar-refractivity contribution in [2.75, 3.05) is 41.3 Å². The van der Waals surface area contributed by atoms with Gasteiger partial charge < -0.3 is 15.5 Å². The van der Waals surface area contributed by atoms with E-state index in [4.69, 9.17) is 5.73 Å². The van der Waals surface area contributed by atoms with Gasteiger partial charge in [0.1, 0.15) is 11.0 Å². The zero-order valence-electron chi connectivity index (χ0n) is 34.4. The molecule has 7 aromatic rings. The van der Waals surface area contributed by atoms with Crippen molar-refractivity contribution in [3.05, 3.63) is 144 Å². The molecular weight excluding hydrogens is 893 g/mol. The number of hydrogen-bond donors (Lipinski definition) is 1. The Hall–Kier alpha value is -5.48. The van der Waals surface area contributed by atoms with E-state index in [1.165, 1.54) is 29.4 Å². The largest absolute Gasteiger partial charge is 0.329 e. The summed E-state index contributed by atoms with van der Waals surface area (Å²) in [4.78, 5) is 40.1. The van der Waals surface area contributed by atoms with Gasteiger partial charge in [0, 0.05) is 60.2 Å². The fraction of sp³-hybridized carbons (Fsp3) is 0.273. The van der Waals surface area contributed by atoms with Crippen LogP contribution in [0.25, 0.3) is 21.8 Å². The highest BCUT2D eigenvalue weighted by Crippen LogP contribution is 2.25. The molecule has 0 fully saturated rings. The van der Waals surface area contributed by atoms with Crippen molar-refractivity contribution in [1.82, 2.24) is 43.0 Å². The van der Waals surface area contributed by atoms with E-state index in [2.05, 4.69) is 25.1 Å². The summed E-state index contributed by atoms with van der Waals surface area (Å²) in [5.41, 5.74) is 9.02. The molecule has 0 unspecified atom stereocenters. The van der Waals surface area contributed by atoms with Crippen molar-refractivity contribution >= 4 is 80.7 Å². The first-order valence-electron chi connectivity index (χ1n) is 19.0. The molecule has 4 aromatic heterocycles. The van der Waals surface area contributed by atoms with Crippen molar-refractivity contribution in [1.29, 1.82) is 0 Å². The van der Waals surface area contributed by atoms with Crippen molar-refractivity contribution in [3.63, 3.8) is 0 Å². The van der Waals surface area contributed by atoms with Gasteiger partial charge in [-0.25, -0.2) is 0 Å². The van der Waals surface area contributed by atoms with Crippen LogP contribution in [-0.2, 0) is 32.9 Å². The Bertz CT molecular complexity index is 2880. The molecule has 0 radical (unpaired) electrons. The van der Waals surface area contributed by atoms with Crippen LogP contribution in [-0.4, -0.2) is 125 Å². The molecule has 0 bridgehead atoms. The molecule has 0 saturated carbocycles. The van der Waals surface area contributed by atoms with Gasteiger partial charge in [0.25, 0.3) is 31.9 Å². The Morgan fingerprint density at radius 2 is 0.953 bits per heavy atom. The lowest BCUT2D eigenvalue weighted by Crippen LogP contribution is -2.44. The minimum atomic E-state index is -3.85. The lowest BCUT2D eigenvalue weighted by molar-refractivity contribution is 0.0611. The number of aromatic nitrogens is 6. The highest BCUT2D eigenvalue weighted by molar-refractivity contribution is 7.90. The zero-order chi connectivity index (χ0) is 42.8. The van der Waals surface area contributed by atoms with Gasteiger partial charge in [-0.2, -0.15) is 62.2 Å². The summed E-state index contributed by atoms with van der Waals surface area (Å²) in [6.45, 7) is 0.731. The molecule has 20 heteroatoms. The summed E-state index contributed by atoms with van der Waals surface area (Å²) in [6.07, 6.45) is 7.24. The molecule has 5 heterocycles. The van der Waals surface area contributed by atoms with Crippen LogP contribution in [0, 0.1) is 0 Å². The molecule has 8 rings (SSSR count). The average molecular weight is 949 g/mol. The monoisotopic (exact) mass is 948 g/mol. The van der Waals surface area contributed by atoms with E-state index in [0.29, 0.717) is 52.6 Å². The second-order valence-electron chi connectivity index (χ2n) is 14.7. The summed E-state index contributed by atoms with van der Waals surface area (Å²) in [7, 11) is 0.118. The summed E-state index contributed by atoms with van der Waals surface area (Å²) in [6, 6.07) is 26.8. The van der Waals surface area contributed by atoms with Crippen LogP contribution in [0.5, 0.6) is 0 Å². The summed E-state index contributed by atoms with van der Waals surface area (Å²) in [5, 5.41) is 9.55. The van der Waals surface area contributed by atoms with E-state index in [1.54, 1.807) is 91.3 Å². The molecule has 1 aliphatic heterocycles. The first kappa shape index (κ1) is 52.9. The average Bonchev–Trinajstić information content (AvgIpc) is 3.95. The molecule has 342 valence electrons. The number of carbonyl (C=O) groups excluding carboxylic acids is 2. The summed E-state index contributed by atoms with van der Waals surface area (Å²) >= 11 is 0. The number of carbonyl (C=O) groups is 2. The van der Waals surface area contributed by atoms with Crippen molar-refractivity contribution in [2.45, 2.75) is 49.6 Å². The van der Waals surface area contributed by atoms with E-state index < -0.39 is 20.0 Å². The number of pyridine rings is 2. The van der Waals surface area contributed by atoms with E-state index in [0.717, 1.165) is 19.3 Å². The maximum Gasteiger partial charge on any atom is 0.283 e. The van der Waals surface area contributed by atoms with E-state index >= 15 is 0 Å². The van der Waals surface area contributed by atoms with Gasteiger partial charge in [-0.15, -0.1) is 0 Å². The predicted octanol–water partition coefficient (Wildman–Crippen LogP) is 5.03. The lowest BCUT2D eigenvalue weighted by Gasteiger charge is -2.28. The van der Waals surface area contributed by atoms with Crippen LogP contribution in [0.1, 0.15) is 47.0 Å². The smallest absolute Gasteiger partial charge is 0.283 e. The van der Waals surface area contributed by atoms with E-state index in [-0.39, 0.29) is 82.1 Å². The topological polar surface area (TPSA) is 200 Å². The van der Waals surface area contributed by atoms with Crippen molar-refractivity contribution < 1.29 is 26.4 Å².